The number of anilines is 4. The fourth-order valence-corrected chi connectivity index (χ4v) is 10.0. The van der Waals surface area contributed by atoms with Crippen LogP contribution in [0.3, 0.4) is 0 Å². The van der Waals surface area contributed by atoms with Crippen molar-refractivity contribution >= 4 is 57.6 Å². The predicted molar refractivity (Wildman–Crippen MR) is 288 cm³/mol. The normalized spacial score (nSPS) is 18.2. The van der Waals surface area contributed by atoms with Gasteiger partial charge in [0.25, 0.3) is 0 Å². The maximum Gasteiger partial charge on any atom is 0.451 e. The Bertz CT molecular complexity index is 2770. The van der Waals surface area contributed by atoms with Crippen LogP contribution < -0.4 is 24.9 Å². The largest absolute Gasteiger partial charge is 0.451 e. The first kappa shape index (κ1) is 65.8. The summed E-state index contributed by atoms with van der Waals surface area (Å²) < 4.78 is 158. The number of hydrogen-bond acceptors (Lipinski definition) is 13. The minimum atomic E-state index is -4.76. The fourth-order valence-electron chi connectivity index (χ4n) is 10.0. The molecule has 0 saturated carbocycles. The van der Waals surface area contributed by atoms with Crippen molar-refractivity contribution in [2.24, 2.45) is 11.8 Å². The number of nitrogens with zero attached hydrogens (tertiary/aromatic N) is 9. The Balaban J connectivity index is 0.000000247. The maximum atomic E-state index is 13.7. The molecule has 4 aromatic rings. The van der Waals surface area contributed by atoms with Crippen LogP contribution in [0.2, 0.25) is 0 Å². The number of alkyl halides is 12. The van der Waals surface area contributed by atoms with Gasteiger partial charge in [-0.3, -0.25) is 19.2 Å². The summed E-state index contributed by atoms with van der Waals surface area (Å²) in [5.41, 5.74) is -0.0282. The number of hydrogen-bond donors (Lipinski definition) is 1. The van der Waals surface area contributed by atoms with Gasteiger partial charge in [-0.15, -0.1) is 0 Å². The van der Waals surface area contributed by atoms with Gasteiger partial charge in [0.2, 0.25) is 22.8 Å². The molecule has 4 aliphatic heterocycles. The number of benzene rings is 2. The minimum absolute atomic E-state index is 0.00374. The highest BCUT2D eigenvalue weighted by molar-refractivity contribution is 6.63. The molecule has 14 nitrogen and oxygen atoms in total. The summed E-state index contributed by atoms with van der Waals surface area (Å²) in [7, 11) is 0. The third-order valence-corrected chi connectivity index (χ3v) is 14.9. The molecule has 8 rings (SSSR count). The first-order valence-electron chi connectivity index (χ1n) is 27.6. The van der Waals surface area contributed by atoms with E-state index in [0.717, 1.165) is 24.3 Å². The van der Waals surface area contributed by atoms with Crippen LogP contribution in [0.5, 0.6) is 0 Å². The molecule has 456 valence electrons. The van der Waals surface area contributed by atoms with Crippen molar-refractivity contribution in [3.8, 4) is 0 Å². The molecular weight excluding hydrogens is 1140 g/mol. The van der Waals surface area contributed by atoms with E-state index in [1.807, 2.05) is 0 Å². The monoisotopic (exact) mass is 1210 g/mol. The number of Topliss-reactive ketones (excluding diaryl/α,β-unsaturated/α-hetero) is 2. The molecule has 27 heteroatoms. The number of halogens is 13. The number of amides is 1. The number of carbonyl (C=O) groups excluding carboxylic acids is 4. The average Bonchev–Trinajstić information content (AvgIpc) is 3.47. The van der Waals surface area contributed by atoms with Crippen LogP contribution in [0.4, 0.5) is 76.0 Å². The summed E-state index contributed by atoms with van der Waals surface area (Å²) >= 11 is 4.82. The van der Waals surface area contributed by atoms with Gasteiger partial charge >= 0.3 is 24.7 Å². The molecule has 83 heavy (non-hydrogen) atoms. The number of nitrogens with one attached hydrogen (secondary N) is 1. The Morgan fingerprint density at radius 2 is 0.867 bits per heavy atom. The van der Waals surface area contributed by atoms with Gasteiger partial charge in [0.05, 0.1) is 11.1 Å². The van der Waals surface area contributed by atoms with Gasteiger partial charge in [-0.25, -0.2) is 19.9 Å². The lowest BCUT2D eigenvalue weighted by molar-refractivity contribution is -0.145. The second-order valence-corrected chi connectivity index (χ2v) is 21.0. The summed E-state index contributed by atoms with van der Waals surface area (Å²) in [5, 5.41) is 2.89. The smallest absolute Gasteiger partial charge is 0.356 e. The van der Waals surface area contributed by atoms with Gasteiger partial charge in [-0.05, 0) is 98.4 Å². The van der Waals surface area contributed by atoms with E-state index in [2.05, 4.69) is 25.3 Å². The molecule has 0 unspecified atom stereocenters. The van der Waals surface area contributed by atoms with Crippen molar-refractivity contribution in [1.29, 1.82) is 0 Å². The quantitative estimate of drug-likeness (QED) is 0.0839. The molecule has 4 saturated heterocycles. The van der Waals surface area contributed by atoms with Crippen molar-refractivity contribution in [1.82, 2.24) is 30.2 Å². The summed E-state index contributed by atoms with van der Waals surface area (Å²) in [6.07, 6.45) is -12.6. The summed E-state index contributed by atoms with van der Waals surface area (Å²) in [5.74, 6) is -2.55. The Morgan fingerprint density at radius 3 is 1.20 bits per heavy atom. The zero-order valence-electron chi connectivity index (χ0n) is 46.0. The van der Waals surface area contributed by atoms with Gasteiger partial charge < -0.3 is 29.8 Å². The number of ketones is 2. The van der Waals surface area contributed by atoms with E-state index >= 15 is 0 Å². The Kier molecular flexibility index (Phi) is 23.4. The zero-order valence-corrected chi connectivity index (χ0v) is 46.7. The van der Waals surface area contributed by atoms with Crippen molar-refractivity contribution in [2.45, 2.75) is 116 Å². The van der Waals surface area contributed by atoms with Crippen LogP contribution in [-0.4, -0.2) is 126 Å². The van der Waals surface area contributed by atoms with Crippen molar-refractivity contribution < 1.29 is 71.9 Å². The lowest BCUT2D eigenvalue weighted by Crippen LogP contribution is -2.49. The second-order valence-electron chi connectivity index (χ2n) is 20.6. The third kappa shape index (κ3) is 19.9. The number of aryl methyl sites for hydroxylation is 2. The molecule has 1 amide bonds. The fraction of sp³-hybridized carbons (Fsp3) is 0.571. The lowest BCUT2D eigenvalue weighted by atomic mass is 9.90. The summed E-state index contributed by atoms with van der Waals surface area (Å²) in [6.45, 7) is 8.75. The zero-order chi connectivity index (χ0) is 60.7. The first-order valence-corrected chi connectivity index (χ1v) is 28.0. The Morgan fingerprint density at radius 1 is 0.506 bits per heavy atom. The van der Waals surface area contributed by atoms with E-state index < -0.39 is 47.5 Å². The average molecular weight is 1210 g/mol. The van der Waals surface area contributed by atoms with E-state index in [4.69, 9.17) is 11.6 Å². The van der Waals surface area contributed by atoms with Crippen LogP contribution in [-0.2, 0) is 56.7 Å². The number of piperazine rings is 2. The van der Waals surface area contributed by atoms with E-state index in [1.54, 1.807) is 44.4 Å². The highest BCUT2D eigenvalue weighted by Gasteiger charge is 2.39. The summed E-state index contributed by atoms with van der Waals surface area (Å²) in [6, 6.07) is 12.8. The van der Waals surface area contributed by atoms with Gasteiger partial charge in [-0.2, -0.15) is 52.7 Å². The lowest BCUT2D eigenvalue weighted by Gasteiger charge is -2.37. The van der Waals surface area contributed by atoms with Crippen LogP contribution in [0, 0.1) is 11.8 Å². The van der Waals surface area contributed by atoms with Crippen molar-refractivity contribution in [3.05, 3.63) is 94.6 Å². The molecule has 4 fully saturated rings. The molecule has 0 aliphatic carbocycles. The number of rotatable bonds is 16. The molecule has 0 bridgehead atoms. The van der Waals surface area contributed by atoms with E-state index in [-0.39, 0.29) is 83.8 Å². The molecule has 4 aliphatic rings. The molecule has 2 aromatic carbocycles. The second kappa shape index (κ2) is 29.5. The third-order valence-electron chi connectivity index (χ3n) is 14.6. The molecule has 6 heterocycles. The van der Waals surface area contributed by atoms with Crippen LogP contribution in [0.25, 0.3) is 0 Å². The molecule has 1 N–H and O–H groups in total. The standard InChI is InChI=1S/C28H33F6N5O2.C25H29F6N5O.C3H5ClO/c1-2-25(41)38-15-13-37(14-16-38)23-17-24(36-26(35-23)28(32,33)34)39-12-4-6-20(18-39)22(40)7-3-5-19-8-10-21(11-9-19)27(29,30)31;26-24(27,28)19-8-6-17(7-9-19)3-1-5-20(37)18-4-2-12-36(16-18)22-15-21(35-13-10-32-11-14-35)33-23(34-22)25(29,30)31;1-2-3(4)5/h8-11,17,20H,2-7,12-16,18H2,1H3;6-9,15,18,32H,1-5,10-14,16H2;2H2,1H3/t20-;18-;/m11./s1. The van der Waals surface area contributed by atoms with Gasteiger partial charge in [0.1, 0.15) is 34.8 Å². The predicted octanol–water partition coefficient (Wildman–Crippen LogP) is 11.3. The van der Waals surface area contributed by atoms with Crippen LogP contribution >= 0.6 is 11.6 Å². The topological polar surface area (TPSA) is 148 Å². The first-order chi connectivity index (χ1) is 39.1. The van der Waals surface area contributed by atoms with E-state index in [1.165, 1.54) is 30.3 Å². The number of piperidine rings is 2. The molecular formula is C56H67ClF12N10O4. The number of carbonyl (C=O) groups is 4. The SMILES string of the molecule is CCC(=O)Cl.CCC(=O)N1CCN(c2cc(N3CCC[C@@H](C(=O)CCCc4ccc(C(F)(F)F)cc4)C3)nc(C(F)(F)F)n2)CC1.O=C(CCCc1ccc(C(F)(F)F)cc1)[C@@H]1CCCN(c2cc(N3CCNCC3)nc(C(F)(F)F)n2)C1. The summed E-state index contributed by atoms with van der Waals surface area (Å²) in [4.78, 5) is 71.2. The minimum Gasteiger partial charge on any atom is -0.356 e. The molecule has 2 atom stereocenters. The van der Waals surface area contributed by atoms with Crippen molar-refractivity contribution in [3.63, 3.8) is 0 Å². The van der Waals surface area contributed by atoms with E-state index in [0.29, 0.717) is 141 Å². The van der Waals surface area contributed by atoms with Crippen LogP contribution in [0.1, 0.15) is 112 Å². The highest BCUT2D eigenvalue weighted by atomic mass is 35.5. The highest BCUT2D eigenvalue weighted by Crippen LogP contribution is 2.36. The van der Waals surface area contributed by atoms with Crippen molar-refractivity contribution in [2.75, 3.05) is 98.1 Å². The Hall–Kier alpha value is -6.31. The van der Waals surface area contributed by atoms with Gasteiger partial charge in [0, 0.05) is 128 Å². The molecule has 2 aromatic heterocycles. The van der Waals surface area contributed by atoms with E-state index in [9.17, 15) is 71.9 Å². The van der Waals surface area contributed by atoms with Gasteiger partial charge in [0.15, 0.2) is 0 Å². The maximum absolute atomic E-state index is 13.7. The molecule has 0 spiro atoms. The van der Waals surface area contributed by atoms with Crippen LogP contribution in [0.15, 0.2) is 60.7 Å². The number of aromatic nitrogens is 4. The Labute approximate surface area is 478 Å². The van der Waals surface area contributed by atoms with Gasteiger partial charge in [-0.1, -0.05) is 38.1 Å². The molecule has 0 radical (unpaired) electrons.